The summed E-state index contributed by atoms with van der Waals surface area (Å²) < 4.78 is 5.38. The van der Waals surface area contributed by atoms with Crippen molar-refractivity contribution >= 4 is 17.1 Å². The molecule has 106 valence electrons. The third-order valence-corrected chi connectivity index (χ3v) is 3.89. The fourth-order valence-electron chi connectivity index (χ4n) is 2.16. The maximum atomic E-state index is 11.5. The van der Waals surface area contributed by atoms with Gasteiger partial charge in [-0.2, -0.15) is 11.3 Å². The van der Waals surface area contributed by atoms with Crippen molar-refractivity contribution in [3.05, 3.63) is 51.7 Å². The van der Waals surface area contributed by atoms with E-state index < -0.39 is 0 Å². The van der Waals surface area contributed by atoms with Crippen LogP contribution < -0.4 is 4.74 Å². The highest BCUT2D eigenvalue weighted by Gasteiger charge is 2.10. The van der Waals surface area contributed by atoms with Gasteiger partial charge in [-0.25, -0.2) is 0 Å². The van der Waals surface area contributed by atoms with E-state index in [-0.39, 0.29) is 5.78 Å². The van der Waals surface area contributed by atoms with Gasteiger partial charge in [0.2, 0.25) is 0 Å². The Balaban J connectivity index is 2.14. The van der Waals surface area contributed by atoms with Gasteiger partial charge in [0.15, 0.2) is 5.78 Å². The molecule has 0 spiro atoms. The first-order chi connectivity index (χ1) is 9.60. The van der Waals surface area contributed by atoms with Crippen LogP contribution in [0.4, 0.5) is 0 Å². The Bertz CT molecular complexity index is 578. The third-order valence-electron chi connectivity index (χ3n) is 3.16. The van der Waals surface area contributed by atoms with Crippen LogP contribution >= 0.6 is 11.3 Å². The molecule has 0 aliphatic carbocycles. The van der Waals surface area contributed by atoms with Gasteiger partial charge < -0.3 is 4.74 Å². The Labute approximate surface area is 123 Å². The zero-order valence-corrected chi connectivity index (χ0v) is 12.9. The highest BCUT2D eigenvalue weighted by molar-refractivity contribution is 7.07. The summed E-state index contributed by atoms with van der Waals surface area (Å²) >= 11 is 1.71. The molecule has 0 unspecified atom stereocenters. The number of Topliss-reactive ketones (excluding diaryl/α,β-unsaturated/α-hetero) is 1. The number of methoxy groups -OCH3 is 1. The lowest BCUT2D eigenvalue weighted by molar-refractivity contribution is 0.101. The van der Waals surface area contributed by atoms with Gasteiger partial charge in [-0.1, -0.05) is 0 Å². The van der Waals surface area contributed by atoms with Crippen LogP contribution in [0.25, 0.3) is 0 Å². The minimum atomic E-state index is 0.0781. The predicted molar refractivity (Wildman–Crippen MR) is 82.5 cm³/mol. The van der Waals surface area contributed by atoms with Gasteiger partial charge in [0, 0.05) is 24.2 Å². The fourth-order valence-corrected chi connectivity index (χ4v) is 2.82. The first kappa shape index (κ1) is 14.8. The predicted octanol–water partition coefficient (Wildman–Crippen LogP) is 3.59. The summed E-state index contributed by atoms with van der Waals surface area (Å²) in [4.78, 5) is 13.7. The average Bonchev–Trinajstić information content (AvgIpc) is 2.91. The number of benzene rings is 1. The summed E-state index contributed by atoms with van der Waals surface area (Å²) in [5, 5.41) is 4.24. The Morgan fingerprint density at radius 2 is 2.10 bits per heavy atom. The molecule has 2 aromatic rings. The molecule has 2 rings (SSSR count). The Morgan fingerprint density at radius 1 is 1.30 bits per heavy atom. The number of ketones is 1. The lowest BCUT2D eigenvalue weighted by atomic mass is 10.1. The lowest BCUT2D eigenvalue weighted by Crippen LogP contribution is -2.17. The summed E-state index contributed by atoms with van der Waals surface area (Å²) in [6, 6.07) is 7.73. The van der Waals surface area contributed by atoms with E-state index in [1.54, 1.807) is 25.4 Å². The van der Waals surface area contributed by atoms with Gasteiger partial charge in [-0.05, 0) is 54.6 Å². The van der Waals surface area contributed by atoms with Crippen molar-refractivity contribution in [2.75, 3.05) is 14.2 Å². The van der Waals surface area contributed by atoms with Crippen molar-refractivity contribution in [3.63, 3.8) is 0 Å². The number of carbonyl (C=O) groups is 1. The first-order valence-electron chi connectivity index (χ1n) is 6.47. The van der Waals surface area contributed by atoms with Gasteiger partial charge in [-0.3, -0.25) is 9.69 Å². The van der Waals surface area contributed by atoms with Crippen LogP contribution in [0.2, 0.25) is 0 Å². The van der Waals surface area contributed by atoms with Crippen LogP contribution in [0.3, 0.4) is 0 Å². The molecule has 0 saturated heterocycles. The maximum absolute atomic E-state index is 11.5. The highest BCUT2D eigenvalue weighted by Crippen LogP contribution is 2.22. The normalized spacial score (nSPS) is 10.8. The molecule has 1 aromatic carbocycles. The molecule has 4 heteroatoms. The molecular formula is C16H19NO2S. The second-order valence-corrected chi connectivity index (χ2v) is 5.67. The van der Waals surface area contributed by atoms with Crippen LogP contribution in [0.5, 0.6) is 5.75 Å². The third kappa shape index (κ3) is 3.68. The van der Waals surface area contributed by atoms with Gasteiger partial charge in [0.25, 0.3) is 0 Å². The SMILES string of the molecule is COc1ccc(C(C)=O)cc1CN(C)Cc1ccsc1. The average molecular weight is 289 g/mol. The molecule has 0 N–H and O–H groups in total. The lowest BCUT2D eigenvalue weighted by Gasteiger charge is -2.18. The minimum absolute atomic E-state index is 0.0781. The molecule has 1 aromatic heterocycles. The van der Waals surface area contributed by atoms with Crippen LogP contribution in [-0.4, -0.2) is 24.8 Å². The monoisotopic (exact) mass is 289 g/mol. The molecule has 0 radical (unpaired) electrons. The Kier molecular flexibility index (Phi) is 4.93. The fraction of sp³-hybridized carbons (Fsp3) is 0.312. The molecule has 0 fully saturated rings. The number of nitrogens with zero attached hydrogens (tertiary/aromatic N) is 1. The number of carbonyl (C=O) groups excluding carboxylic acids is 1. The van der Waals surface area contributed by atoms with E-state index in [2.05, 4.69) is 28.8 Å². The van der Waals surface area contributed by atoms with E-state index in [4.69, 9.17) is 4.74 Å². The molecule has 0 amide bonds. The van der Waals surface area contributed by atoms with E-state index in [9.17, 15) is 4.79 Å². The summed E-state index contributed by atoms with van der Waals surface area (Å²) in [6.07, 6.45) is 0. The largest absolute Gasteiger partial charge is 0.496 e. The van der Waals surface area contributed by atoms with Gasteiger partial charge >= 0.3 is 0 Å². The summed E-state index contributed by atoms with van der Waals surface area (Å²) in [5.74, 6) is 0.904. The topological polar surface area (TPSA) is 29.5 Å². The molecular weight excluding hydrogens is 270 g/mol. The standard InChI is InChI=1S/C16H19NO2S/c1-12(18)14-4-5-16(19-3)15(8-14)10-17(2)9-13-6-7-20-11-13/h4-8,11H,9-10H2,1-3H3. The molecule has 0 atom stereocenters. The number of ether oxygens (including phenoxy) is 1. The molecule has 20 heavy (non-hydrogen) atoms. The second-order valence-electron chi connectivity index (χ2n) is 4.89. The zero-order valence-electron chi connectivity index (χ0n) is 12.1. The number of hydrogen-bond acceptors (Lipinski definition) is 4. The molecule has 0 bridgehead atoms. The first-order valence-corrected chi connectivity index (χ1v) is 7.42. The molecule has 0 saturated carbocycles. The Hall–Kier alpha value is -1.65. The van der Waals surface area contributed by atoms with Crippen molar-refractivity contribution in [1.82, 2.24) is 4.90 Å². The number of thiophene rings is 1. The number of rotatable bonds is 6. The van der Waals surface area contributed by atoms with E-state index in [0.29, 0.717) is 0 Å². The summed E-state index contributed by atoms with van der Waals surface area (Å²) in [7, 11) is 3.72. The van der Waals surface area contributed by atoms with Gasteiger partial charge in [-0.15, -0.1) is 0 Å². The highest BCUT2D eigenvalue weighted by atomic mass is 32.1. The zero-order chi connectivity index (χ0) is 14.5. The van der Waals surface area contributed by atoms with E-state index in [0.717, 1.165) is 30.0 Å². The summed E-state index contributed by atoms with van der Waals surface area (Å²) in [6.45, 7) is 3.22. The quantitative estimate of drug-likeness (QED) is 0.761. The Morgan fingerprint density at radius 3 is 2.70 bits per heavy atom. The maximum Gasteiger partial charge on any atom is 0.159 e. The smallest absolute Gasteiger partial charge is 0.159 e. The van der Waals surface area contributed by atoms with Crippen molar-refractivity contribution in [3.8, 4) is 5.75 Å². The summed E-state index contributed by atoms with van der Waals surface area (Å²) in [5.41, 5.74) is 3.07. The molecule has 0 aliphatic heterocycles. The van der Waals surface area contributed by atoms with E-state index >= 15 is 0 Å². The van der Waals surface area contributed by atoms with Crippen molar-refractivity contribution in [2.45, 2.75) is 20.0 Å². The molecule has 1 heterocycles. The van der Waals surface area contributed by atoms with Crippen LogP contribution in [0.1, 0.15) is 28.4 Å². The van der Waals surface area contributed by atoms with Gasteiger partial charge in [0.05, 0.1) is 7.11 Å². The molecule has 3 nitrogen and oxygen atoms in total. The van der Waals surface area contributed by atoms with Crippen molar-refractivity contribution in [1.29, 1.82) is 0 Å². The van der Waals surface area contributed by atoms with Crippen molar-refractivity contribution in [2.24, 2.45) is 0 Å². The van der Waals surface area contributed by atoms with Crippen LogP contribution in [0, 0.1) is 0 Å². The van der Waals surface area contributed by atoms with Crippen LogP contribution in [0.15, 0.2) is 35.0 Å². The minimum Gasteiger partial charge on any atom is -0.496 e. The van der Waals surface area contributed by atoms with Gasteiger partial charge in [0.1, 0.15) is 5.75 Å². The van der Waals surface area contributed by atoms with E-state index in [1.807, 2.05) is 18.2 Å². The second kappa shape index (κ2) is 6.68. The van der Waals surface area contributed by atoms with E-state index in [1.165, 1.54) is 5.56 Å². The van der Waals surface area contributed by atoms with Crippen LogP contribution in [-0.2, 0) is 13.1 Å². The number of hydrogen-bond donors (Lipinski definition) is 0. The molecule has 0 aliphatic rings. The van der Waals surface area contributed by atoms with Crippen molar-refractivity contribution < 1.29 is 9.53 Å².